The van der Waals surface area contributed by atoms with Crippen LogP contribution in [0, 0.1) is 5.82 Å². The molecule has 150 valence electrons. The van der Waals surface area contributed by atoms with Crippen molar-refractivity contribution in [2.75, 3.05) is 13.7 Å². The molecule has 9 heteroatoms. The molecule has 2 aromatic carbocycles. The average molecular weight is 480 g/mol. The number of hydrogen-bond acceptors (Lipinski definition) is 6. The van der Waals surface area contributed by atoms with Crippen LogP contribution in [0.3, 0.4) is 0 Å². The molecule has 3 rings (SSSR count). The number of esters is 1. The summed E-state index contributed by atoms with van der Waals surface area (Å²) in [5, 5.41) is -0.546. The zero-order valence-corrected chi connectivity index (χ0v) is 17.6. The van der Waals surface area contributed by atoms with E-state index in [0.717, 1.165) is 26.7 Å². The first-order valence-electron chi connectivity index (χ1n) is 8.36. The second kappa shape index (κ2) is 9.23. The molecule has 0 N–H and O–H groups in total. The number of benzene rings is 2. The lowest BCUT2D eigenvalue weighted by Crippen LogP contribution is -2.34. The number of nitrogens with zero attached hydrogens (tertiary/aromatic N) is 1. The van der Waals surface area contributed by atoms with Crippen LogP contribution in [0.25, 0.3) is 6.08 Å². The Morgan fingerprint density at radius 1 is 1.21 bits per heavy atom. The lowest BCUT2D eigenvalue weighted by molar-refractivity contribution is -0.143. The van der Waals surface area contributed by atoms with E-state index >= 15 is 0 Å². The number of methoxy groups -OCH3 is 1. The lowest BCUT2D eigenvalue weighted by Gasteiger charge is -2.11. The van der Waals surface area contributed by atoms with Gasteiger partial charge in [0, 0.05) is 10.0 Å². The topological polar surface area (TPSA) is 72.9 Å². The van der Waals surface area contributed by atoms with Gasteiger partial charge in [-0.15, -0.1) is 0 Å². The van der Waals surface area contributed by atoms with E-state index < -0.39 is 23.7 Å². The molecule has 1 heterocycles. The molecule has 0 aliphatic carbocycles. The van der Waals surface area contributed by atoms with Crippen LogP contribution in [0.2, 0.25) is 0 Å². The Kier molecular flexibility index (Phi) is 6.71. The van der Waals surface area contributed by atoms with Gasteiger partial charge in [-0.05, 0) is 53.7 Å². The van der Waals surface area contributed by atoms with Crippen LogP contribution in [-0.4, -0.2) is 35.7 Å². The Morgan fingerprint density at radius 2 is 1.93 bits per heavy atom. The molecule has 1 fully saturated rings. The Hall–Kier alpha value is -2.65. The van der Waals surface area contributed by atoms with E-state index in [4.69, 9.17) is 4.74 Å². The van der Waals surface area contributed by atoms with Crippen molar-refractivity contribution in [3.63, 3.8) is 0 Å². The third kappa shape index (κ3) is 5.24. The average Bonchev–Trinajstić information content (AvgIpc) is 2.96. The van der Waals surface area contributed by atoms with Crippen molar-refractivity contribution < 1.29 is 28.2 Å². The molecular formula is C20H15BrFNO5S. The van der Waals surface area contributed by atoms with E-state index in [1.807, 2.05) is 0 Å². The molecule has 1 saturated heterocycles. The number of carbonyl (C=O) groups excluding carboxylic acids is 3. The summed E-state index contributed by atoms with van der Waals surface area (Å²) in [5.41, 5.74) is 1.35. The van der Waals surface area contributed by atoms with E-state index in [-0.39, 0.29) is 17.3 Å². The highest BCUT2D eigenvalue weighted by atomic mass is 79.9. The van der Waals surface area contributed by atoms with Crippen LogP contribution in [0.1, 0.15) is 11.1 Å². The Balaban J connectivity index is 1.82. The van der Waals surface area contributed by atoms with Gasteiger partial charge in [-0.3, -0.25) is 19.3 Å². The number of amides is 2. The molecule has 0 spiro atoms. The quantitative estimate of drug-likeness (QED) is 0.452. The molecule has 6 nitrogen and oxygen atoms in total. The minimum Gasteiger partial charge on any atom is -0.488 e. The van der Waals surface area contributed by atoms with Crippen LogP contribution in [0.15, 0.2) is 51.8 Å². The zero-order valence-electron chi connectivity index (χ0n) is 15.2. The fourth-order valence-electron chi connectivity index (χ4n) is 2.48. The standard InChI is InChI=1S/C20H15BrFNO5S/c1-27-18(24)10-23-19(25)17(29-20(23)26)9-13-8-14(21)4-7-16(13)28-11-12-2-5-15(22)6-3-12/h2-9H,10-11H2,1H3/b17-9-. The molecule has 0 atom stereocenters. The highest BCUT2D eigenvalue weighted by Gasteiger charge is 2.36. The van der Waals surface area contributed by atoms with Crippen LogP contribution in [0.5, 0.6) is 5.75 Å². The normalized spacial score (nSPS) is 15.1. The predicted molar refractivity (Wildman–Crippen MR) is 110 cm³/mol. The van der Waals surface area contributed by atoms with Gasteiger partial charge < -0.3 is 9.47 Å². The molecule has 1 aliphatic rings. The number of imide groups is 1. The van der Waals surface area contributed by atoms with E-state index in [1.54, 1.807) is 30.3 Å². The lowest BCUT2D eigenvalue weighted by atomic mass is 10.1. The van der Waals surface area contributed by atoms with Gasteiger partial charge in [-0.25, -0.2) is 4.39 Å². The molecule has 0 bridgehead atoms. The number of halogens is 2. The summed E-state index contributed by atoms with van der Waals surface area (Å²) in [7, 11) is 1.18. The summed E-state index contributed by atoms with van der Waals surface area (Å²) >= 11 is 4.11. The molecule has 2 amide bonds. The largest absolute Gasteiger partial charge is 0.488 e. The number of ether oxygens (including phenoxy) is 2. The molecular weight excluding hydrogens is 465 g/mol. The summed E-state index contributed by atoms with van der Waals surface area (Å²) in [6, 6.07) is 11.2. The maximum absolute atomic E-state index is 13.0. The summed E-state index contributed by atoms with van der Waals surface area (Å²) in [6.45, 7) is -0.239. The fraction of sp³-hybridized carbons (Fsp3) is 0.150. The zero-order chi connectivity index (χ0) is 21.0. The van der Waals surface area contributed by atoms with Gasteiger partial charge in [0.15, 0.2) is 0 Å². The van der Waals surface area contributed by atoms with Crippen molar-refractivity contribution in [3.05, 3.63) is 68.8 Å². The molecule has 0 unspecified atom stereocenters. The first kappa shape index (κ1) is 21.1. The smallest absolute Gasteiger partial charge is 0.325 e. The van der Waals surface area contributed by atoms with Gasteiger partial charge >= 0.3 is 5.97 Å². The molecule has 29 heavy (non-hydrogen) atoms. The number of thioether (sulfide) groups is 1. The maximum Gasteiger partial charge on any atom is 0.325 e. The first-order valence-corrected chi connectivity index (χ1v) is 9.97. The highest BCUT2D eigenvalue weighted by molar-refractivity contribution is 9.10. The van der Waals surface area contributed by atoms with E-state index in [1.165, 1.54) is 25.3 Å². The third-order valence-electron chi connectivity index (χ3n) is 3.95. The minimum atomic E-state index is -0.681. The molecule has 0 saturated carbocycles. The molecule has 2 aromatic rings. The summed E-state index contributed by atoms with van der Waals surface area (Å²) < 4.78 is 24.1. The van der Waals surface area contributed by atoms with Gasteiger partial charge in [-0.2, -0.15) is 0 Å². The number of carbonyl (C=O) groups is 3. The van der Waals surface area contributed by atoms with Crippen LogP contribution in [0.4, 0.5) is 9.18 Å². The van der Waals surface area contributed by atoms with E-state index in [2.05, 4.69) is 20.7 Å². The molecule has 0 aromatic heterocycles. The van der Waals surface area contributed by atoms with Gasteiger partial charge in [0.25, 0.3) is 11.1 Å². The van der Waals surface area contributed by atoms with Crippen molar-refractivity contribution in [2.45, 2.75) is 6.61 Å². The highest BCUT2D eigenvalue weighted by Crippen LogP contribution is 2.35. The van der Waals surface area contributed by atoms with Gasteiger partial charge in [0.1, 0.15) is 24.7 Å². The van der Waals surface area contributed by atoms with Crippen molar-refractivity contribution >= 4 is 50.9 Å². The first-order chi connectivity index (χ1) is 13.9. The molecule has 0 radical (unpaired) electrons. The Morgan fingerprint density at radius 3 is 2.62 bits per heavy atom. The monoisotopic (exact) mass is 479 g/mol. The second-order valence-electron chi connectivity index (χ2n) is 5.94. The summed E-state index contributed by atoms with van der Waals surface area (Å²) in [5.74, 6) is -1.10. The van der Waals surface area contributed by atoms with E-state index in [9.17, 15) is 18.8 Å². The van der Waals surface area contributed by atoms with Gasteiger partial charge in [0.2, 0.25) is 0 Å². The SMILES string of the molecule is COC(=O)CN1C(=O)S/C(=C\c2cc(Br)ccc2OCc2ccc(F)cc2)C1=O. The van der Waals surface area contributed by atoms with Gasteiger partial charge in [-0.1, -0.05) is 28.1 Å². The predicted octanol–water partition coefficient (Wildman–Crippen LogP) is 4.38. The van der Waals surface area contributed by atoms with E-state index in [0.29, 0.717) is 11.3 Å². The summed E-state index contributed by atoms with van der Waals surface area (Å²) in [6.07, 6.45) is 1.53. The molecule has 1 aliphatic heterocycles. The van der Waals surface area contributed by atoms with Crippen molar-refractivity contribution in [1.82, 2.24) is 4.90 Å². The van der Waals surface area contributed by atoms with Crippen LogP contribution >= 0.6 is 27.7 Å². The van der Waals surface area contributed by atoms with Crippen molar-refractivity contribution in [1.29, 1.82) is 0 Å². The summed E-state index contributed by atoms with van der Waals surface area (Å²) in [4.78, 5) is 37.0. The van der Waals surface area contributed by atoms with Gasteiger partial charge in [0.05, 0.1) is 12.0 Å². The number of hydrogen-bond donors (Lipinski definition) is 0. The second-order valence-corrected chi connectivity index (χ2v) is 7.85. The Bertz CT molecular complexity index is 993. The van der Waals surface area contributed by atoms with Crippen LogP contribution < -0.4 is 4.74 Å². The van der Waals surface area contributed by atoms with Crippen molar-refractivity contribution in [2.24, 2.45) is 0 Å². The van der Waals surface area contributed by atoms with Crippen molar-refractivity contribution in [3.8, 4) is 5.75 Å². The maximum atomic E-state index is 13.0. The third-order valence-corrected chi connectivity index (χ3v) is 5.36. The van der Waals surface area contributed by atoms with Crippen LogP contribution in [-0.2, 0) is 20.9 Å². The Labute approximate surface area is 178 Å². The fourth-order valence-corrected chi connectivity index (χ4v) is 3.68. The number of rotatable bonds is 6. The minimum absolute atomic E-state index is 0.170.